The summed E-state index contributed by atoms with van der Waals surface area (Å²) in [6, 6.07) is 0. The van der Waals surface area contributed by atoms with Crippen LogP contribution in [0.15, 0.2) is 12.2 Å². The Hall–Kier alpha value is -1.56. The Bertz CT molecular complexity index is 642. The minimum atomic E-state index is -0.232. The lowest BCUT2D eigenvalue weighted by atomic mass is 9.55. The van der Waals surface area contributed by atoms with Gasteiger partial charge in [0.15, 0.2) is 0 Å². The molecule has 0 spiro atoms. The Labute approximate surface area is 168 Å². The average Bonchev–Trinajstić information content (AvgIpc) is 2.95. The number of nitrogens with zero attached hydrogens (tertiary/aromatic N) is 2. The smallest absolute Gasteiger partial charge is 0.409 e. The molecule has 6 nitrogen and oxygen atoms in total. The summed E-state index contributed by atoms with van der Waals surface area (Å²) in [7, 11) is 0. The molecule has 2 aliphatic heterocycles. The highest BCUT2D eigenvalue weighted by molar-refractivity contribution is 5.75. The van der Waals surface area contributed by atoms with Crippen LogP contribution in [0.3, 0.4) is 0 Å². The fourth-order valence-corrected chi connectivity index (χ4v) is 6.07. The number of allylic oxidation sites excluding steroid dienone is 1. The fraction of sp³-hybridized carbons (Fsp3) is 0.818. The lowest BCUT2D eigenvalue weighted by molar-refractivity contribution is -0.146. The molecule has 0 aromatic heterocycles. The van der Waals surface area contributed by atoms with Gasteiger partial charge in [-0.1, -0.05) is 19.1 Å². The molecule has 0 aromatic rings. The summed E-state index contributed by atoms with van der Waals surface area (Å²) in [5, 5.41) is 0. The van der Waals surface area contributed by atoms with E-state index in [-0.39, 0.29) is 29.5 Å². The zero-order valence-corrected chi connectivity index (χ0v) is 17.3. The summed E-state index contributed by atoms with van der Waals surface area (Å²) < 4.78 is 11.0. The van der Waals surface area contributed by atoms with E-state index < -0.39 is 0 Å². The van der Waals surface area contributed by atoms with Crippen molar-refractivity contribution in [3.05, 3.63) is 12.2 Å². The number of ether oxygens (including phenoxy) is 2. The van der Waals surface area contributed by atoms with Crippen molar-refractivity contribution in [3.63, 3.8) is 0 Å². The first-order valence-corrected chi connectivity index (χ1v) is 10.9. The third kappa shape index (κ3) is 3.56. The molecule has 0 bridgehead atoms. The van der Waals surface area contributed by atoms with Crippen LogP contribution in [0.4, 0.5) is 4.79 Å². The van der Waals surface area contributed by atoms with Gasteiger partial charge in [-0.05, 0) is 50.4 Å². The van der Waals surface area contributed by atoms with Crippen molar-refractivity contribution >= 4 is 12.1 Å². The van der Waals surface area contributed by atoms with Crippen LogP contribution in [-0.2, 0) is 14.3 Å². The van der Waals surface area contributed by atoms with Gasteiger partial charge in [-0.2, -0.15) is 0 Å². The number of carbonyl (C=O) groups is 2. The molecule has 1 amide bonds. The van der Waals surface area contributed by atoms with Crippen LogP contribution in [-0.4, -0.2) is 67.3 Å². The van der Waals surface area contributed by atoms with Gasteiger partial charge in [0.2, 0.25) is 0 Å². The van der Waals surface area contributed by atoms with Crippen LogP contribution in [0.1, 0.15) is 46.0 Å². The molecule has 2 heterocycles. The predicted octanol–water partition coefficient (Wildman–Crippen LogP) is 3.07. The lowest BCUT2D eigenvalue weighted by Crippen LogP contribution is -2.51. The maximum atomic E-state index is 12.7. The van der Waals surface area contributed by atoms with Crippen molar-refractivity contribution in [1.82, 2.24) is 9.80 Å². The standard InChI is InChI=1S/C22H34N2O4/c1-4-27-21(26)24-10-8-23(9-11-24)14-17-16-12-18-15(2)6-5-7-22(18,3)13-19(16)28-20(17)25/h16-19H,2,4-14H2,1,3H3/t16-,17+,18-,19+,22+/m1/s1. The second kappa shape index (κ2) is 7.69. The summed E-state index contributed by atoms with van der Waals surface area (Å²) in [5.74, 6) is 0.776. The quantitative estimate of drug-likeness (QED) is 0.547. The third-order valence-corrected chi connectivity index (χ3v) is 7.67. The van der Waals surface area contributed by atoms with E-state index in [4.69, 9.17) is 9.47 Å². The van der Waals surface area contributed by atoms with Crippen molar-refractivity contribution in [2.45, 2.75) is 52.1 Å². The van der Waals surface area contributed by atoms with Crippen LogP contribution in [0.5, 0.6) is 0 Å². The first-order chi connectivity index (χ1) is 13.4. The first kappa shape index (κ1) is 19.7. The number of amides is 1. The average molecular weight is 391 g/mol. The van der Waals surface area contributed by atoms with Gasteiger partial charge >= 0.3 is 12.1 Å². The SMILES string of the molecule is C=C1CCC[C@@]2(C)C[C@@H]3OC(=O)[C@@H](CN4CCN(C(=O)OCC)CC4)[C@H]3C[C@H]12. The fourth-order valence-electron chi connectivity index (χ4n) is 6.07. The maximum Gasteiger partial charge on any atom is 0.409 e. The molecule has 0 aromatic carbocycles. The summed E-state index contributed by atoms with van der Waals surface area (Å²) >= 11 is 0. The van der Waals surface area contributed by atoms with Gasteiger partial charge in [0.05, 0.1) is 12.5 Å². The molecule has 156 valence electrons. The largest absolute Gasteiger partial charge is 0.462 e. The van der Waals surface area contributed by atoms with Crippen molar-refractivity contribution in [2.75, 3.05) is 39.3 Å². The summed E-state index contributed by atoms with van der Waals surface area (Å²) in [6.45, 7) is 12.6. The van der Waals surface area contributed by atoms with E-state index >= 15 is 0 Å². The minimum absolute atomic E-state index is 0.0179. The first-order valence-electron chi connectivity index (χ1n) is 10.9. The number of rotatable bonds is 3. The molecule has 2 aliphatic carbocycles. The molecule has 0 radical (unpaired) electrons. The van der Waals surface area contributed by atoms with E-state index in [0.717, 1.165) is 38.9 Å². The van der Waals surface area contributed by atoms with Gasteiger partial charge in [0, 0.05) is 38.6 Å². The molecule has 4 fully saturated rings. The third-order valence-electron chi connectivity index (χ3n) is 7.67. The molecular weight excluding hydrogens is 356 g/mol. The second-order valence-electron chi connectivity index (χ2n) is 9.39. The normalized spacial score (nSPS) is 38.6. The zero-order valence-electron chi connectivity index (χ0n) is 17.3. The van der Waals surface area contributed by atoms with Crippen LogP contribution < -0.4 is 0 Å². The van der Waals surface area contributed by atoms with Gasteiger partial charge < -0.3 is 14.4 Å². The molecular formula is C22H34N2O4. The topological polar surface area (TPSA) is 59.1 Å². The Balaban J connectivity index is 1.38. The number of fused-ring (bicyclic) bond motifs is 2. The van der Waals surface area contributed by atoms with Crippen LogP contribution in [0.25, 0.3) is 0 Å². The van der Waals surface area contributed by atoms with Gasteiger partial charge in [-0.3, -0.25) is 9.69 Å². The number of hydrogen-bond acceptors (Lipinski definition) is 5. The molecule has 5 atom stereocenters. The number of piperazine rings is 1. The number of hydrogen-bond donors (Lipinski definition) is 0. The Kier molecular flexibility index (Phi) is 5.43. The van der Waals surface area contributed by atoms with Gasteiger partial charge in [0.25, 0.3) is 0 Å². The van der Waals surface area contributed by atoms with Gasteiger partial charge in [-0.25, -0.2) is 4.79 Å². The van der Waals surface area contributed by atoms with Gasteiger partial charge in [0.1, 0.15) is 6.10 Å². The van der Waals surface area contributed by atoms with Crippen molar-refractivity contribution < 1.29 is 19.1 Å². The lowest BCUT2D eigenvalue weighted by Gasteiger charge is -2.50. The van der Waals surface area contributed by atoms with E-state index in [2.05, 4.69) is 18.4 Å². The summed E-state index contributed by atoms with van der Waals surface area (Å²) in [6.07, 6.45) is 5.44. The Morgan fingerprint density at radius 2 is 2.07 bits per heavy atom. The van der Waals surface area contributed by atoms with Crippen LogP contribution in [0.2, 0.25) is 0 Å². The molecule has 0 N–H and O–H groups in total. The number of carbonyl (C=O) groups excluding carboxylic acids is 2. The summed E-state index contributed by atoms with van der Waals surface area (Å²) in [5.41, 5.74) is 1.63. The molecule has 4 aliphatic rings. The zero-order chi connectivity index (χ0) is 19.9. The highest BCUT2D eigenvalue weighted by Gasteiger charge is 2.55. The number of esters is 1. The van der Waals surface area contributed by atoms with Crippen LogP contribution >= 0.6 is 0 Å². The molecule has 0 unspecified atom stereocenters. The van der Waals surface area contributed by atoms with E-state index in [9.17, 15) is 9.59 Å². The van der Waals surface area contributed by atoms with E-state index in [1.807, 2.05) is 6.92 Å². The maximum absolute atomic E-state index is 12.7. The van der Waals surface area contributed by atoms with E-state index in [0.29, 0.717) is 31.5 Å². The monoisotopic (exact) mass is 390 g/mol. The Morgan fingerprint density at radius 1 is 1.32 bits per heavy atom. The second-order valence-corrected chi connectivity index (χ2v) is 9.39. The minimum Gasteiger partial charge on any atom is -0.462 e. The van der Waals surface area contributed by atoms with Crippen molar-refractivity contribution in [1.29, 1.82) is 0 Å². The van der Waals surface area contributed by atoms with Crippen LogP contribution in [0, 0.1) is 23.2 Å². The van der Waals surface area contributed by atoms with E-state index in [1.54, 1.807) is 4.90 Å². The highest BCUT2D eigenvalue weighted by Crippen LogP contribution is 2.56. The molecule has 2 saturated carbocycles. The molecule has 28 heavy (non-hydrogen) atoms. The summed E-state index contributed by atoms with van der Waals surface area (Å²) in [4.78, 5) is 28.7. The van der Waals surface area contributed by atoms with Crippen molar-refractivity contribution in [3.8, 4) is 0 Å². The molecule has 6 heteroatoms. The predicted molar refractivity (Wildman–Crippen MR) is 106 cm³/mol. The van der Waals surface area contributed by atoms with Gasteiger partial charge in [-0.15, -0.1) is 0 Å². The molecule has 4 rings (SSSR count). The van der Waals surface area contributed by atoms with E-state index in [1.165, 1.54) is 18.4 Å². The highest BCUT2D eigenvalue weighted by atomic mass is 16.6. The Morgan fingerprint density at radius 3 is 2.79 bits per heavy atom. The van der Waals surface area contributed by atoms with Crippen molar-refractivity contribution in [2.24, 2.45) is 23.2 Å². The molecule has 2 saturated heterocycles.